The lowest BCUT2D eigenvalue weighted by Crippen LogP contribution is -2.30. The number of rotatable bonds is 3. The molecule has 1 unspecified atom stereocenters. The summed E-state index contributed by atoms with van der Waals surface area (Å²) in [6.45, 7) is 2.07. The molecule has 0 spiro atoms. The Kier molecular flexibility index (Phi) is 3.60. The molecule has 0 bridgehead atoms. The number of ketones is 1. The molecule has 0 aromatic heterocycles. The maximum absolute atomic E-state index is 12.2. The molecule has 0 amide bonds. The van der Waals surface area contributed by atoms with Crippen LogP contribution in [0.2, 0.25) is 5.02 Å². The SMILES string of the molecule is CC1(C(=O)Cc2cccc(Cl)c2)CCCS1. The van der Waals surface area contributed by atoms with Crippen molar-refractivity contribution in [2.45, 2.75) is 30.9 Å². The highest BCUT2D eigenvalue weighted by molar-refractivity contribution is 8.01. The third-order valence-corrected chi connectivity index (χ3v) is 4.86. The van der Waals surface area contributed by atoms with Gasteiger partial charge in [-0.05, 0) is 43.2 Å². The van der Waals surface area contributed by atoms with Crippen molar-refractivity contribution in [1.82, 2.24) is 0 Å². The molecule has 16 heavy (non-hydrogen) atoms. The Labute approximate surface area is 106 Å². The van der Waals surface area contributed by atoms with Crippen LogP contribution in [0.4, 0.5) is 0 Å². The lowest BCUT2D eigenvalue weighted by atomic mass is 9.95. The molecule has 86 valence electrons. The molecule has 1 saturated heterocycles. The van der Waals surface area contributed by atoms with Crippen LogP contribution >= 0.6 is 23.4 Å². The predicted octanol–water partition coefficient (Wildman–Crippen LogP) is 3.74. The molecule has 0 radical (unpaired) electrons. The molecule has 1 aromatic carbocycles. The number of Topliss-reactive ketones (excluding diaryl/α,β-unsaturated/α-hetero) is 1. The van der Waals surface area contributed by atoms with Gasteiger partial charge in [-0.25, -0.2) is 0 Å². The van der Waals surface area contributed by atoms with Crippen LogP contribution in [0.3, 0.4) is 0 Å². The summed E-state index contributed by atoms with van der Waals surface area (Å²) < 4.78 is -0.164. The van der Waals surface area contributed by atoms with Gasteiger partial charge in [0.05, 0.1) is 4.75 Å². The average molecular weight is 255 g/mol. The van der Waals surface area contributed by atoms with Crippen molar-refractivity contribution in [3.05, 3.63) is 34.9 Å². The van der Waals surface area contributed by atoms with Gasteiger partial charge in [0.15, 0.2) is 5.78 Å². The largest absolute Gasteiger partial charge is 0.298 e. The molecular formula is C13H15ClOS. The van der Waals surface area contributed by atoms with Crippen LogP contribution in [-0.2, 0) is 11.2 Å². The standard InChI is InChI=1S/C13H15ClOS/c1-13(6-3-7-16-13)12(15)9-10-4-2-5-11(14)8-10/h2,4-5,8H,3,6-7,9H2,1H3. The van der Waals surface area contributed by atoms with Gasteiger partial charge in [0.25, 0.3) is 0 Å². The predicted molar refractivity (Wildman–Crippen MR) is 70.3 cm³/mol. The van der Waals surface area contributed by atoms with E-state index in [1.807, 2.05) is 24.3 Å². The van der Waals surface area contributed by atoms with Crippen LogP contribution in [-0.4, -0.2) is 16.3 Å². The Bertz CT molecular complexity index is 397. The molecule has 1 atom stereocenters. The van der Waals surface area contributed by atoms with E-state index in [4.69, 9.17) is 11.6 Å². The Morgan fingerprint density at radius 2 is 2.38 bits per heavy atom. The fourth-order valence-corrected chi connectivity index (χ4v) is 3.49. The number of hydrogen-bond acceptors (Lipinski definition) is 2. The summed E-state index contributed by atoms with van der Waals surface area (Å²) in [7, 11) is 0. The van der Waals surface area contributed by atoms with Crippen molar-refractivity contribution in [2.24, 2.45) is 0 Å². The van der Waals surface area contributed by atoms with E-state index in [0.717, 1.165) is 24.2 Å². The van der Waals surface area contributed by atoms with Crippen LogP contribution in [0.5, 0.6) is 0 Å². The zero-order chi connectivity index (χ0) is 11.6. The van der Waals surface area contributed by atoms with Crippen molar-refractivity contribution in [2.75, 3.05) is 5.75 Å². The number of halogens is 1. The second-order valence-corrected chi connectivity index (χ2v) is 6.45. The van der Waals surface area contributed by atoms with E-state index < -0.39 is 0 Å². The van der Waals surface area contributed by atoms with Crippen molar-refractivity contribution >= 4 is 29.1 Å². The van der Waals surface area contributed by atoms with Gasteiger partial charge in [-0.2, -0.15) is 0 Å². The number of benzene rings is 1. The highest BCUT2D eigenvalue weighted by atomic mass is 35.5. The van der Waals surface area contributed by atoms with Crippen molar-refractivity contribution < 1.29 is 4.79 Å². The summed E-state index contributed by atoms with van der Waals surface area (Å²) in [6, 6.07) is 7.58. The first-order valence-corrected chi connectivity index (χ1v) is 6.88. The number of carbonyl (C=O) groups is 1. The van der Waals surface area contributed by atoms with E-state index in [1.165, 1.54) is 0 Å². The van der Waals surface area contributed by atoms with Crippen LogP contribution in [0.15, 0.2) is 24.3 Å². The zero-order valence-electron chi connectivity index (χ0n) is 9.33. The van der Waals surface area contributed by atoms with Crippen LogP contribution in [0, 0.1) is 0 Å². The van der Waals surface area contributed by atoms with Gasteiger partial charge in [0.1, 0.15) is 0 Å². The normalized spacial score (nSPS) is 24.6. The molecule has 0 aliphatic carbocycles. The summed E-state index contributed by atoms with van der Waals surface area (Å²) in [5.74, 6) is 1.44. The highest BCUT2D eigenvalue weighted by Gasteiger charge is 2.36. The van der Waals surface area contributed by atoms with Gasteiger partial charge in [-0.1, -0.05) is 23.7 Å². The van der Waals surface area contributed by atoms with Gasteiger partial charge in [-0.15, -0.1) is 11.8 Å². The van der Waals surface area contributed by atoms with E-state index >= 15 is 0 Å². The second kappa shape index (κ2) is 4.80. The summed E-state index contributed by atoms with van der Waals surface area (Å²) in [5, 5.41) is 0.703. The third kappa shape index (κ3) is 2.61. The third-order valence-electron chi connectivity index (χ3n) is 3.06. The molecular weight excluding hydrogens is 240 g/mol. The van der Waals surface area contributed by atoms with Gasteiger partial charge in [0.2, 0.25) is 0 Å². The molecule has 1 nitrogen and oxygen atoms in total. The van der Waals surface area contributed by atoms with E-state index in [1.54, 1.807) is 11.8 Å². The summed E-state index contributed by atoms with van der Waals surface area (Å²) >= 11 is 7.70. The molecule has 1 fully saturated rings. The lowest BCUT2D eigenvalue weighted by Gasteiger charge is -2.20. The summed E-state index contributed by atoms with van der Waals surface area (Å²) in [5.41, 5.74) is 1.02. The maximum atomic E-state index is 12.2. The zero-order valence-corrected chi connectivity index (χ0v) is 10.9. The van der Waals surface area contributed by atoms with Gasteiger partial charge < -0.3 is 0 Å². The Balaban J connectivity index is 2.07. The minimum Gasteiger partial charge on any atom is -0.298 e. The maximum Gasteiger partial charge on any atom is 0.152 e. The number of thioether (sulfide) groups is 1. The highest BCUT2D eigenvalue weighted by Crippen LogP contribution is 2.39. The Morgan fingerprint density at radius 3 is 3.00 bits per heavy atom. The van der Waals surface area contributed by atoms with Crippen molar-refractivity contribution in [3.63, 3.8) is 0 Å². The van der Waals surface area contributed by atoms with E-state index in [2.05, 4.69) is 6.92 Å². The van der Waals surface area contributed by atoms with E-state index in [9.17, 15) is 4.79 Å². The smallest absolute Gasteiger partial charge is 0.152 e. The van der Waals surface area contributed by atoms with Crippen LogP contribution < -0.4 is 0 Å². The summed E-state index contributed by atoms with van der Waals surface area (Å²) in [4.78, 5) is 12.2. The topological polar surface area (TPSA) is 17.1 Å². The van der Waals surface area contributed by atoms with Crippen molar-refractivity contribution in [3.8, 4) is 0 Å². The van der Waals surface area contributed by atoms with Gasteiger partial charge in [-0.3, -0.25) is 4.79 Å². The van der Waals surface area contributed by atoms with Gasteiger partial charge >= 0.3 is 0 Å². The average Bonchev–Trinajstić information content (AvgIpc) is 2.66. The minimum atomic E-state index is -0.164. The number of carbonyl (C=O) groups excluding carboxylic acids is 1. The molecule has 1 heterocycles. The summed E-state index contributed by atoms with van der Waals surface area (Å²) in [6.07, 6.45) is 2.67. The second-order valence-electron chi connectivity index (χ2n) is 4.41. The van der Waals surface area contributed by atoms with Crippen LogP contribution in [0.25, 0.3) is 0 Å². The first kappa shape index (κ1) is 12.0. The quantitative estimate of drug-likeness (QED) is 0.818. The Hall–Kier alpha value is -0.470. The van der Waals surface area contributed by atoms with Crippen molar-refractivity contribution in [1.29, 1.82) is 0 Å². The lowest BCUT2D eigenvalue weighted by molar-refractivity contribution is -0.120. The Morgan fingerprint density at radius 1 is 1.56 bits per heavy atom. The van der Waals surface area contributed by atoms with E-state index in [0.29, 0.717) is 17.2 Å². The molecule has 2 rings (SSSR count). The molecule has 0 saturated carbocycles. The molecule has 3 heteroatoms. The molecule has 1 aromatic rings. The molecule has 1 aliphatic heterocycles. The fourth-order valence-electron chi connectivity index (χ4n) is 2.02. The van der Waals surface area contributed by atoms with Gasteiger partial charge in [0, 0.05) is 11.4 Å². The number of hydrogen-bond donors (Lipinski definition) is 0. The first-order valence-electron chi connectivity index (χ1n) is 5.52. The minimum absolute atomic E-state index is 0.164. The van der Waals surface area contributed by atoms with E-state index in [-0.39, 0.29) is 4.75 Å². The molecule has 0 N–H and O–H groups in total. The van der Waals surface area contributed by atoms with Crippen LogP contribution in [0.1, 0.15) is 25.3 Å². The molecule has 1 aliphatic rings. The first-order chi connectivity index (χ1) is 7.60. The monoisotopic (exact) mass is 254 g/mol. The fraction of sp³-hybridized carbons (Fsp3) is 0.462.